The highest BCUT2D eigenvalue weighted by atomic mass is 79.9. The molecule has 0 bridgehead atoms. The van der Waals surface area contributed by atoms with E-state index < -0.39 is 5.97 Å². The number of halogens is 1. The van der Waals surface area contributed by atoms with E-state index in [1.165, 1.54) is 6.42 Å². The summed E-state index contributed by atoms with van der Waals surface area (Å²) in [4.78, 5) is 13.5. The van der Waals surface area contributed by atoms with Crippen molar-refractivity contribution in [2.24, 2.45) is 5.92 Å². The van der Waals surface area contributed by atoms with E-state index in [2.05, 4.69) is 27.8 Å². The Kier molecular flexibility index (Phi) is 4.27. The van der Waals surface area contributed by atoms with Crippen LogP contribution in [0.2, 0.25) is 0 Å². The molecule has 1 fully saturated rings. The molecule has 1 aromatic rings. The Morgan fingerprint density at radius 1 is 1.56 bits per heavy atom. The second kappa shape index (κ2) is 5.74. The number of rotatable bonds is 3. The summed E-state index contributed by atoms with van der Waals surface area (Å²) in [5.74, 6) is -0.172. The third-order valence-corrected chi connectivity index (χ3v) is 4.12. The maximum atomic E-state index is 11.3. The number of carbonyl (C=O) groups is 1. The number of benzene rings is 1. The van der Waals surface area contributed by atoms with Gasteiger partial charge in [-0.25, -0.2) is 4.79 Å². The summed E-state index contributed by atoms with van der Waals surface area (Å²) in [6.45, 7) is 4.13. The fraction of sp³-hybridized carbons (Fsp3) is 0.500. The van der Waals surface area contributed by atoms with E-state index in [-0.39, 0.29) is 0 Å². The van der Waals surface area contributed by atoms with Crippen LogP contribution in [0.1, 0.15) is 36.5 Å². The molecule has 1 heterocycles. The molecule has 2 rings (SSSR count). The normalized spacial score (nSPS) is 19.9. The van der Waals surface area contributed by atoms with E-state index in [0.29, 0.717) is 11.5 Å². The Hall–Kier alpha value is -1.03. The second-order valence-electron chi connectivity index (χ2n) is 4.83. The lowest BCUT2D eigenvalue weighted by atomic mass is 9.95. The minimum Gasteiger partial charge on any atom is -0.478 e. The summed E-state index contributed by atoms with van der Waals surface area (Å²) in [5, 5.41) is 9.30. The largest absolute Gasteiger partial charge is 0.478 e. The minimum absolute atomic E-state index is 0.390. The van der Waals surface area contributed by atoms with Gasteiger partial charge in [0.1, 0.15) is 0 Å². The van der Waals surface area contributed by atoms with Crippen LogP contribution in [0.5, 0.6) is 0 Å². The Bertz CT molecular complexity index is 447. The van der Waals surface area contributed by atoms with Crippen molar-refractivity contribution in [3.05, 3.63) is 28.2 Å². The summed E-state index contributed by atoms with van der Waals surface area (Å²) >= 11 is 3.33. The quantitative estimate of drug-likeness (QED) is 0.923. The number of anilines is 1. The van der Waals surface area contributed by atoms with Crippen molar-refractivity contribution in [2.45, 2.75) is 26.2 Å². The van der Waals surface area contributed by atoms with Crippen LogP contribution in [-0.2, 0) is 0 Å². The Morgan fingerprint density at radius 2 is 2.33 bits per heavy atom. The van der Waals surface area contributed by atoms with Crippen LogP contribution in [0, 0.1) is 5.92 Å². The van der Waals surface area contributed by atoms with Gasteiger partial charge < -0.3 is 10.0 Å². The van der Waals surface area contributed by atoms with Crippen LogP contribution in [0.25, 0.3) is 0 Å². The minimum atomic E-state index is -0.857. The molecule has 0 radical (unpaired) electrons. The molecule has 98 valence electrons. The van der Waals surface area contributed by atoms with Crippen molar-refractivity contribution >= 4 is 27.6 Å². The average molecular weight is 312 g/mol. The zero-order chi connectivity index (χ0) is 13.1. The summed E-state index contributed by atoms with van der Waals surface area (Å²) in [7, 11) is 0. The van der Waals surface area contributed by atoms with Gasteiger partial charge in [-0.05, 0) is 37.0 Å². The predicted molar refractivity (Wildman–Crippen MR) is 76.3 cm³/mol. The number of carboxylic acids is 1. The molecule has 0 aliphatic carbocycles. The van der Waals surface area contributed by atoms with Gasteiger partial charge in [0.25, 0.3) is 0 Å². The molecule has 1 aliphatic rings. The lowest BCUT2D eigenvalue weighted by Crippen LogP contribution is -2.36. The first kappa shape index (κ1) is 13.4. The molecule has 1 saturated heterocycles. The van der Waals surface area contributed by atoms with Gasteiger partial charge in [-0.2, -0.15) is 0 Å². The molecule has 0 amide bonds. The van der Waals surface area contributed by atoms with Gasteiger partial charge in [-0.1, -0.05) is 29.3 Å². The monoisotopic (exact) mass is 311 g/mol. The summed E-state index contributed by atoms with van der Waals surface area (Å²) in [6.07, 6.45) is 3.56. The highest BCUT2D eigenvalue weighted by Gasteiger charge is 2.22. The third kappa shape index (κ3) is 2.86. The molecular weight excluding hydrogens is 294 g/mol. The van der Waals surface area contributed by atoms with Crippen molar-refractivity contribution in [3.8, 4) is 0 Å². The van der Waals surface area contributed by atoms with Crippen molar-refractivity contribution in [1.82, 2.24) is 0 Å². The molecule has 1 aromatic carbocycles. The SMILES string of the molecule is CCC1CCCN(c2ccc(Br)cc2C(=O)O)C1. The molecule has 0 saturated carbocycles. The van der Waals surface area contributed by atoms with Crippen LogP contribution in [-0.4, -0.2) is 24.2 Å². The van der Waals surface area contributed by atoms with Gasteiger partial charge in [-0.3, -0.25) is 0 Å². The zero-order valence-electron chi connectivity index (χ0n) is 10.5. The molecule has 0 aromatic heterocycles. The number of aromatic carboxylic acids is 1. The second-order valence-corrected chi connectivity index (χ2v) is 5.74. The standard InChI is InChI=1S/C14H18BrNO2/c1-2-10-4-3-7-16(9-10)13-6-5-11(15)8-12(13)14(17)18/h5-6,8,10H,2-4,7,9H2,1H3,(H,17,18). The Labute approximate surface area is 116 Å². The van der Waals surface area contributed by atoms with Crippen LogP contribution in [0.4, 0.5) is 5.69 Å². The van der Waals surface area contributed by atoms with E-state index in [0.717, 1.165) is 36.1 Å². The molecule has 1 atom stereocenters. The maximum Gasteiger partial charge on any atom is 0.337 e. The van der Waals surface area contributed by atoms with Crippen molar-refractivity contribution in [2.75, 3.05) is 18.0 Å². The molecular formula is C14H18BrNO2. The summed E-state index contributed by atoms with van der Waals surface area (Å²) in [6, 6.07) is 5.51. The Morgan fingerprint density at radius 3 is 3.00 bits per heavy atom. The topological polar surface area (TPSA) is 40.5 Å². The van der Waals surface area contributed by atoms with E-state index in [4.69, 9.17) is 0 Å². The van der Waals surface area contributed by atoms with E-state index in [9.17, 15) is 9.90 Å². The molecule has 0 spiro atoms. The fourth-order valence-corrected chi connectivity index (χ4v) is 2.93. The van der Waals surface area contributed by atoms with Crippen LogP contribution in [0.15, 0.2) is 22.7 Å². The lowest BCUT2D eigenvalue weighted by molar-refractivity contribution is 0.0697. The van der Waals surface area contributed by atoms with E-state index in [1.54, 1.807) is 6.07 Å². The van der Waals surface area contributed by atoms with Gasteiger partial charge in [0.15, 0.2) is 0 Å². The summed E-state index contributed by atoms with van der Waals surface area (Å²) < 4.78 is 0.813. The molecule has 1 N–H and O–H groups in total. The maximum absolute atomic E-state index is 11.3. The number of carboxylic acid groups (broad SMARTS) is 1. The van der Waals surface area contributed by atoms with Crippen LogP contribution < -0.4 is 4.90 Å². The van der Waals surface area contributed by atoms with Gasteiger partial charge in [0.2, 0.25) is 0 Å². The van der Waals surface area contributed by atoms with Crippen molar-refractivity contribution < 1.29 is 9.90 Å². The van der Waals surface area contributed by atoms with Crippen LogP contribution >= 0.6 is 15.9 Å². The molecule has 18 heavy (non-hydrogen) atoms. The first-order valence-electron chi connectivity index (χ1n) is 6.39. The number of hydrogen-bond donors (Lipinski definition) is 1. The van der Waals surface area contributed by atoms with Crippen molar-refractivity contribution in [3.63, 3.8) is 0 Å². The van der Waals surface area contributed by atoms with E-state index in [1.807, 2.05) is 12.1 Å². The Balaban J connectivity index is 2.29. The molecule has 1 aliphatic heterocycles. The predicted octanol–water partition coefficient (Wildman–Crippen LogP) is 3.77. The first-order valence-corrected chi connectivity index (χ1v) is 7.19. The van der Waals surface area contributed by atoms with Gasteiger partial charge in [0, 0.05) is 17.6 Å². The zero-order valence-corrected chi connectivity index (χ0v) is 12.1. The molecule has 3 nitrogen and oxygen atoms in total. The summed E-state index contributed by atoms with van der Waals surface area (Å²) in [5.41, 5.74) is 1.24. The molecule has 4 heteroatoms. The van der Waals surface area contributed by atoms with Gasteiger partial charge in [-0.15, -0.1) is 0 Å². The average Bonchev–Trinajstić information content (AvgIpc) is 2.38. The van der Waals surface area contributed by atoms with E-state index >= 15 is 0 Å². The smallest absolute Gasteiger partial charge is 0.337 e. The first-order chi connectivity index (χ1) is 8.61. The van der Waals surface area contributed by atoms with Gasteiger partial charge >= 0.3 is 5.97 Å². The number of piperidine rings is 1. The fourth-order valence-electron chi connectivity index (χ4n) is 2.57. The highest BCUT2D eigenvalue weighted by molar-refractivity contribution is 9.10. The van der Waals surface area contributed by atoms with Gasteiger partial charge in [0.05, 0.1) is 11.3 Å². The highest BCUT2D eigenvalue weighted by Crippen LogP contribution is 2.29. The van der Waals surface area contributed by atoms with Crippen molar-refractivity contribution in [1.29, 1.82) is 0 Å². The lowest BCUT2D eigenvalue weighted by Gasteiger charge is -2.34. The van der Waals surface area contributed by atoms with Crippen LogP contribution in [0.3, 0.4) is 0 Å². The molecule has 1 unspecified atom stereocenters. The third-order valence-electron chi connectivity index (χ3n) is 3.63. The number of nitrogens with zero attached hydrogens (tertiary/aromatic N) is 1. The number of hydrogen-bond acceptors (Lipinski definition) is 2.